The summed E-state index contributed by atoms with van der Waals surface area (Å²) in [5.41, 5.74) is 0.105. The highest BCUT2D eigenvalue weighted by molar-refractivity contribution is 7.89. The fourth-order valence-corrected chi connectivity index (χ4v) is 4.92. The van der Waals surface area contributed by atoms with Crippen molar-refractivity contribution in [2.24, 2.45) is 0 Å². The summed E-state index contributed by atoms with van der Waals surface area (Å²) in [4.78, 5) is 16.0. The monoisotopic (exact) mass is 431 g/mol. The molecule has 11 heteroatoms. The maximum atomic E-state index is 13.2. The molecule has 0 bridgehead atoms. The molecule has 2 heterocycles. The number of imidazole rings is 1. The largest absolute Gasteiger partial charge is 0.468 e. The Labute approximate surface area is 166 Å². The predicted octanol–water partition coefficient (Wildman–Crippen LogP) is 2.60. The Balaban J connectivity index is 2.07. The number of halogens is 3. The molecule has 0 saturated heterocycles. The second-order valence-electron chi connectivity index (χ2n) is 6.65. The predicted molar refractivity (Wildman–Crippen MR) is 96.2 cm³/mol. The normalized spacial score (nSPS) is 17.8. The molecule has 0 amide bonds. The van der Waals surface area contributed by atoms with Crippen LogP contribution in [0.2, 0.25) is 0 Å². The Morgan fingerprint density at radius 2 is 2.07 bits per heavy atom. The molecule has 0 spiro atoms. The number of aryl methyl sites for hydroxylation is 1. The quantitative estimate of drug-likeness (QED) is 0.680. The standard InChI is InChI=1S/C18H20F3N3O4S/c1-3-7-23-11-22-14-9-15(17(25)28-2)24(10-16(14)23)29(26,27)13-6-4-5-12(8-13)18(19,20)21/h4-6,8,11,15H,3,7,9-10H2,1-2H3. The first kappa shape index (κ1) is 21.3. The molecule has 0 radical (unpaired) electrons. The third-order valence-electron chi connectivity index (χ3n) is 4.78. The van der Waals surface area contributed by atoms with E-state index in [1.807, 2.05) is 6.92 Å². The van der Waals surface area contributed by atoms with Crippen molar-refractivity contribution in [1.29, 1.82) is 0 Å². The van der Waals surface area contributed by atoms with Gasteiger partial charge in [0.2, 0.25) is 10.0 Å². The van der Waals surface area contributed by atoms with Crippen molar-refractivity contribution in [1.82, 2.24) is 13.9 Å². The van der Waals surface area contributed by atoms with E-state index in [4.69, 9.17) is 4.74 Å². The maximum absolute atomic E-state index is 13.2. The molecule has 1 atom stereocenters. The van der Waals surface area contributed by atoms with Gasteiger partial charge in [-0.05, 0) is 24.6 Å². The molecular formula is C18H20F3N3O4S. The van der Waals surface area contributed by atoms with E-state index in [2.05, 4.69) is 4.98 Å². The van der Waals surface area contributed by atoms with Crippen LogP contribution < -0.4 is 0 Å². The molecule has 0 aliphatic carbocycles. The van der Waals surface area contributed by atoms with Crippen LogP contribution in [0, 0.1) is 0 Å². The summed E-state index contributed by atoms with van der Waals surface area (Å²) in [7, 11) is -3.28. The van der Waals surface area contributed by atoms with Crippen LogP contribution in [0.15, 0.2) is 35.5 Å². The van der Waals surface area contributed by atoms with Crippen molar-refractivity contribution in [3.8, 4) is 0 Å². The van der Waals surface area contributed by atoms with E-state index in [1.165, 1.54) is 0 Å². The van der Waals surface area contributed by atoms with Gasteiger partial charge in [0.25, 0.3) is 0 Å². The van der Waals surface area contributed by atoms with E-state index < -0.39 is 38.7 Å². The average molecular weight is 431 g/mol. The van der Waals surface area contributed by atoms with E-state index in [-0.39, 0.29) is 13.0 Å². The maximum Gasteiger partial charge on any atom is 0.416 e. The van der Waals surface area contributed by atoms with Crippen LogP contribution >= 0.6 is 0 Å². The first-order valence-corrected chi connectivity index (χ1v) is 10.3. The highest BCUT2D eigenvalue weighted by Gasteiger charge is 2.42. The van der Waals surface area contributed by atoms with Gasteiger partial charge in [-0.15, -0.1) is 0 Å². The van der Waals surface area contributed by atoms with Gasteiger partial charge < -0.3 is 9.30 Å². The molecule has 1 aliphatic rings. The summed E-state index contributed by atoms with van der Waals surface area (Å²) in [6, 6.07) is 2.26. The first-order chi connectivity index (χ1) is 13.6. The highest BCUT2D eigenvalue weighted by atomic mass is 32.2. The van der Waals surface area contributed by atoms with Crippen LogP contribution in [0.5, 0.6) is 0 Å². The minimum Gasteiger partial charge on any atom is -0.468 e. The molecule has 3 rings (SSSR count). The second-order valence-corrected chi connectivity index (χ2v) is 8.54. The highest BCUT2D eigenvalue weighted by Crippen LogP contribution is 2.33. The summed E-state index contributed by atoms with van der Waals surface area (Å²) in [5, 5.41) is 0. The SMILES string of the molecule is CCCn1cnc2c1CN(S(=O)(=O)c1cccc(C(F)(F)F)c1)C(C(=O)OC)C2. The van der Waals surface area contributed by atoms with E-state index in [1.54, 1.807) is 10.9 Å². The van der Waals surface area contributed by atoms with Gasteiger partial charge in [0.05, 0.1) is 41.8 Å². The van der Waals surface area contributed by atoms with Gasteiger partial charge in [-0.2, -0.15) is 17.5 Å². The van der Waals surface area contributed by atoms with Crippen LogP contribution in [-0.4, -0.2) is 41.4 Å². The number of fused-ring (bicyclic) bond motifs is 1. The molecule has 2 aromatic rings. The van der Waals surface area contributed by atoms with Crippen molar-refractivity contribution < 1.29 is 31.1 Å². The second kappa shape index (κ2) is 7.79. The Morgan fingerprint density at radius 1 is 1.34 bits per heavy atom. The molecule has 1 aromatic carbocycles. The number of sulfonamides is 1. The lowest BCUT2D eigenvalue weighted by molar-refractivity contribution is -0.145. The number of carbonyl (C=O) groups excluding carboxylic acids is 1. The minimum absolute atomic E-state index is 0.0170. The van der Waals surface area contributed by atoms with Crippen molar-refractivity contribution >= 4 is 16.0 Å². The summed E-state index contributed by atoms with van der Waals surface area (Å²) in [6.07, 6.45) is -2.36. The smallest absolute Gasteiger partial charge is 0.416 e. The van der Waals surface area contributed by atoms with E-state index >= 15 is 0 Å². The number of esters is 1. The number of benzene rings is 1. The summed E-state index contributed by atoms with van der Waals surface area (Å²) >= 11 is 0. The first-order valence-electron chi connectivity index (χ1n) is 8.89. The molecule has 7 nitrogen and oxygen atoms in total. The Bertz CT molecular complexity index is 1020. The zero-order chi connectivity index (χ0) is 21.4. The van der Waals surface area contributed by atoms with Gasteiger partial charge in [0.1, 0.15) is 6.04 Å². The molecule has 29 heavy (non-hydrogen) atoms. The third-order valence-corrected chi connectivity index (χ3v) is 6.63. The number of alkyl halides is 3. The fraction of sp³-hybridized carbons (Fsp3) is 0.444. The number of nitrogens with zero attached hydrogens (tertiary/aromatic N) is 3. The van der Waals surface area contributed by atoms with Crippen molar-refractivity contribution in [3.05, 3.63) is 47.5 Å². The van der Waals surface area contributed by atoms with Gasteiger partial charge in [0.15, 0.2) is 0 Å². The molecule has 1 unspecified atom stereocenters. The summed E-state index contributed by atoms with van der Waals surface area (Å²) in [6.45, 7) is 2.36. The van der Waals surface area contributed by atoms with Gasteiger partial charge in [-0.25, -0.2) is 13.4 Å². The number of hydrogen-bond acceptors (Lipinski definition) is 5. The van der Waals surface area contributed by atoms with Crippen LogP contribution in [0.1, 0.15) is 30.3 Å². The number of methoxy groups -OCH3 is 1. The van der Waals surface area contributed by atoms with E-state index in [9.17, 15) is 26.4 Å². The third kappa shape index (κ3) is 4.01. The Morgan fingerprint density at radius 3 is 2.69 bits per heavy atom. The lowest BCUT2D eigenvalue weighted by Gasteiger charge is -2.33. The van der Waals surface area contributed by atoms with Gasteiger partial charge in [-0.1, -0.05) is 13.0 Å². The minimum atomic E-state index is -4.69. The summed E-state index contributed by atoms with van der Waals surface area (Å²) in [5.74, 6) is -0.795. The van der Waals surface area contributed by atoms with Gasteiger partial charge in [-0.3, -0.25) is 4.79 Å². The van der Waals surface area contributed by atoms with Crippen LogP contribution in [0.25, 0.3) is 0 Å². The van der Waals surface area contributed by atoms with Crippen LogP contribution in [-0.2, 0) is 45.2 Å². The van der Waals surface area contributed by atoms with Gasteiger partial charge in [0, 0.05) is 13.0 Å². The average Bonchev–Trinajstić information content (AvgIpc) is 3.08. The van der Waals surface area contributed by atoms with Gasteiger partial charge >= 0.3 is 12.1 Å². The molecule has 0 N–H and O–H groups in total. The molecule has 158 valence electrons. The van der Waals surface area contributed by atoms with Crippen molar-refractivity contribution in [2.75, 3.05) is 7.11 Å². The lowest BCUT2D eigenvalue weighted by Crippen LogP contribution is -2.49. The fourth-order valence-electron chi connectivity index (χ4n) is 3.34. The number of aromatic nitrogens is 2. The molecule has 0 fully saturated rings. The number of ether oxygens (including phenoxy) is 1. The van der Waals surface area contributed by atoms with E-state index in [0.29, 0.717) is 24.0 Å². The Hall–Kier alpha value is -2.40. The van der Waals surface area contributed by atoms with E-state index in [0.717, 1.165) is 36.0 Å². The number of hydrogen-bond donors (Lipinski definition) is 0. The molecule has 0 saturated carbocycles. The molecule has 1 aliphatic heterocycles. The number of rotatable bonds is 5. The van der Waals surface area contributed by atoms with Crippen molar-refractivity contribution in [2.45, 2.75) is 50.0 Å². The lowest BCUT2D eigenvalue weighted by atomic mass is 10.1. The topological polar surface area (TPSA) is 81.5 Å². The summed E-state index contributed by atoms with van der Waals surface area (Å²) < 4.78 is 73.0. The van der Waals surface area contributed by atoms with Crippen LogP contribution in [0.3, 0.4) is 0 Å². The Kier molecular flexibility index (Phi) is 5.72. The van der Waals surface area contributed by atoms with Crippen molar-refractivity contribution in [3.63, 3.8) is 0 Å². The zero-order valence-electron chi connectivity index (χ0n) is 15.8. The number of carbonyl (C=O) groups is 1. The molecule has 1 aromatic heterocycles. The molecular weight excluding hydrogens is 411 g/mol. The van der Waals surface area contributed by atoms with Crippen LogP contribution in [0.4, 0.5) is 13.2 Å². The zero-order valence-corrected chi connectivity index (χ0v) is 16.6.